The van der Waals surface area contributed by atoms with E-state index in [4.69, 9.17) is 9.47 Å². The van der Waals surface area contributed by atoms with E-state index in [1.165, 1.54) is 11.8 Å². The third kappa shape index (κ3) is 7.81. The lowest BCUT2D eigenvalue weighted by molar-refractivity contribution is -0.133. The molecule has 1 aromatic rings. The largest absolute Gasteiger partial charge is 0.382 e. The van der Waals surface area contributed by atoms with Crippen molar-refractivity contribution in [1.82, 2.24) is 15.2 Å². The van der Waals surface area contributed by atoms with Crippen LogP contribution < -0.4 is 16.0 Å². The van der Waals surface area contributed by atoms with Crippen LogP contribution in [0.1, 0.15) is 27.2 Å². The van der Waals surface area contributed by atoms with Crippen LogP contribution in [0.25, 0.3) is 0 Å². The van der Waals surface area contributed by atoms with E-state index in [2.05, 4.69) is 27.0 Å². The Balaban J connectivity index is 1.95. The van der Waals surface area contributed by atoms with Crippen LogP contribution >= 0.6 is 11.8 Å². The van der Waals surface area contributed by atoms with Gasteiger partial charge in [0.25, 0.3) is 5.91 Å². The maximum atomic E-state index is 13.2. The van der Waals surface area contributed by atoms with E-state index in [9.17, 15) is 19.6 Å². The molecule has 0 saturated carbocycles. The summed E-state index contributed by atoms with van der Waals surface area (Å²) in [6.07, 6.45) is 0.461. The van der Waals surface area contributed by atoms with Crippen LogP contribution in [0.5, 0.6) is 0 Å². The quantitative estimate of drug-likeness (QED) is 0.319. The van der Waals surface area contributed by atoms with Crippen molar-refractivity contribution in [2.45, 2.75) is 37.3 Å². The molecule has 11 nitrogen and oxygen atoms in total. The summed E-state index contributed by atoms with van der Waals surface area (Å²) in [5, 5.41) is 17.6. The maximum Gasteiger partial charge on any atom is 0.251 e. The van der Waals surface area contributed by atoms with E-state index in [1.54, 1.807) is 37.1 Å². The van der Waals surface area contributed by atoms with Crippen molar-refractivity contribution >= 4 is 41.1 Å². The van der Waals surface area contributed by atoms with E-state index in [1.807, 2.05) is 13.8 Å². The van der Waals surface area contributed by atoms with Crippen molar-refractivity contribution in [3.8, 4) is 6.07 Å². The summed E-state index contributed by atoms with van der Waals surface area (Å²) in [5.41, 5.74) is 0. The van der Waals surface area contributed by atoms with Crippen molar-refractivity contribution in [3.63, 3.8) is 0 Å². The Morgan fingerprint density at radius 1 is 1.31 bits per heavy atom. The second-order valence-electron chi connectivity index (χ2n) is 8.01. The van der Waals surface area contributed by atoms with Gasteiger partial charge in [-0.25, -0.2) is 4.98 Å². The molecule has 1 aromatic heterocycles. The lowest BCUT2D eigenvalue weighted by atomic mass is 10.0. The highest BCUT2D eigenvalue weighted by Crippen LogP contribution is 2.45. The van der Waals surface area contributed by atoms with Crippen LogP contribution in [0.15, 0.2) is 18.2 Å². The molecule has 0 bridgehead atoms. The maximum absolute atomic E-state index is 13.2. The minimum atomic E-state index is -0.945. The molecule has 12 heteroatoms. The zero-order valence-corrected chi connectivity index (χ0v) is 21.4. The van der Waals surface area contributed by atoms with Crippen LogP contribution in [0.3, 0.4) is 0 Å². The van der Waals surface area contributed by atoms with Gasteiger partial charge in [0, 0.05) is 26.7 Å². The van der Waals surface area contributed by atoms with Crippen molar-refractivity contribution in [1.29, 1.82) is 5.26 Å². The fourth-order valence-corrected chi connectivity index (χ4v) is 5.25. The number of nitrogens with zero attached hydrogens (tertiary/aromatic N) is 3. The van der Waals surface area contributed by atoms with E-state index in [-0.39, 0.29) is 24.3 Å². The van der Waals surface area contributed by atoms with Crippen LogP contribution in [0.4, 0.5) is 11.6 Å². The van der Waals surface area contributed by atoms with Gasteiger partial charge in [-0.05, 0) is 39.3 Å². The molecule has 2 heterocycles. The van der Waals surface area contributed by atoms with Gasteiger partial charge >= 0.3 is 0 Å². The number of nitriles is 1. The van der Waals surface area contributed by atoms with Crippen LogP contribution in [-0.2, 0) is 23.9 Å². The van der Waals surface area contributed by atoms with Gasteiger partial charge in [-0.15, -0.1) is 11.8 Å². The zero-order valence-electron chi connectivity index (χ0n) is 20.6. The summed E-state index contributed by atoms with van der Waals surface area (Å²) < 4.78 is 9.27. The topological polar surface area (TPSA) is 146 Å². The highest BCUT2D eigenvalue weighted by atomic mass is 32.2. The number of hydrogen-bond donors (Lipinski definition) is 3. The predicted molar refractivity (Wildman–Crippen MR) is 134 cm³/mol. The Labute approximate surface area is 210 Å². The lowest BCUT2D eigenvalue weighted by Gasteiger charge is -2.25. The van der Waals surface area contributed by atoms with Gasteiger partial charge in [0.2, 0.25) is 11.8 Å². The van der Waals surface area contributed by atoms with Gasteiger partial charge in [-0.3, -0.25) is 14.4 Å². The van der Waals surface area contributed by atoms with Crippen molar-refractivity contribution in [3.05, 3.63) is 18.2 Å². The average molecular weight is 507 g/mol. The minimum Gasteiger partial charge on any atom is -0.382 e. The number of aromatic nitrogens is 1. The molecule has 0 spiro atoms. The Hall–Kier alpha value is -2.88. The first-order valence-corrected chi connectivity index (χ1v) is 12.4. The molecule has 2 rings (SSSR count). The Morgan fingerprint density at radius 2 is 2.06 bits per heavy atom. The number of thioether (sulfide) groups is 1. The molecule has 3 amide bonds. The SMILES string of the molecule is CCNC(=O)C(C#N)C1SC(C)(CCNc2cccc(NC(=O)COCCOC)n2)C(=O)N1CC. The molecular formula is C23H34N6O5S. The van der Waals surface area contributed by atoms with Crippen LogP contribution in [0, 0.1) is 17.2 Å². The average Bonchev–Trinajstić information content (AvgIpc) is 3.07. The second kappa shape index (κ2) is 13.9. The number of ether oxygens (including phenoxy) is 2. The van der Waals surface area contributed by atoms with Crippen molar-refractivity contribution < 1.29 is 23.9 Å². The summed E-state index contributed by atoms with van der Waals surface area (Å²) in [4.78, 5) is 43.5. The minimum absolute atomic E-state index is 0.0937. The number of amides is 3. The number of pyridine rings is 1. The molecule has 1 saturated heterocycles. The van der Waals surface area contributed by atoms with E-state index < -0.39 is 16.0 Å². The molecule has 1 aliphatic heterocycles. The van der Waals surface area contributed by atoms with Gasteiger partial charge < -0.3 is 30.3 Å². The first kappa shape index (κ1) is 28.4. The van der Waals surface area contributed by atoms with Gasteiger partial charge in [0.1, 0.15) is 23.6 Å². The monoisotopic (exact) mass is 506 g/mol. The Kier molecular flexibility index (Phi) is 11.2. The van der Waals surface area contributed by atoms with Crippen LogP contribution in [0.2, 0.25) is 0 Å². The molecule has 0 aliphatic carbocycles. The normalized spacial score (nSPS) is 20.3. The Morgan fingerprint density at radius 3 is 2.71 bits per heavy atom. The predicted octanol–water partition coefficient (Wildman–Crippen LogP) is 1.44. The number of nitrogens with one attached hydrogen (secondary N) is 3. The zero-order chi connectivity index (χ0) is 25.8. The number of hydrogen-bond acceptors (Lipinski definition) is 9. The highest BCUT2D eigenvalue weighted by Gasteiger charge is 2.52. The summed E-state index contributed by atoms with van der Waals surface area (Å²) >= 11 is 1.35. The molecule has 3 N–H and O–H groups in total. The van der Waals surface area contributed by atoms with Gasteiger partial charge in [0.05, 0.1) is 24.0 Å². The first-order chi connectivity index (χ1) is 16.8. The molecule has 3 unspecified atom stereocenters. The van der Waals surface area contributed by atoms with E-state index >= 15 is 0 Å². The Bertz CT molecular complexity index is 926. The highest BCUT2D eigenvalue weighted by molar-refractivity contribution is 8.02. The smallest absolute Gasteiger partial charge is 0.251 e. The third-order valence-corrected chi connectivity index (χ3v) is 7.06. The van der Waals surface area contributed by atoms with Gasteiger partial charge in [0.15, 0.2) is 5.92 Å². The number of methoxy groups -OCH3 is 1. The van der Waals surface area contributed by atoms with E-state index in [0.29, 0.717) is 50.9 Å². The molecule has 0 radical (unpaired) electrons. The molecule has 192 valence electrons. The number of carbonyl (C=O) groups excluding carboxylic acids is 3. The first-order valence-electron chi connectivity index (χ1n) is 11.5. The fraction of sp³-hybridized carbons (Fsp3) is 0.609. The number of anilines is 2. The van der Waals surface area contributed by atoms with Crippen molar-refractivity contribution in [2.24, 2.45) is 5.92 Å². The molecule has 0 aromatic carbocycles. The lowest BCUT2D eigenvalue weighted by Crippen LogP contribution is -2.44. The molecule has 3 atom stereocenters. The molecule has 1 aliphatic rings. The fourth-order valence-electron chi connectivity index (χ4n) is 3.59. The summed E-state index contributed by atoms with van der Waals surface area (Å²) in [6.45, 7) is 7.36. The van der Waals surface area contributed by atoms with E-state index in [0.717, 1.165) is 0 Å². The number of rotatable bonds is 14. The summed E-state index contributed by atoms with van der Waals surface area (Å²) in [5.74, 6) is -0.806. The molecule has 35 heavy (non-hydrogen) atoms. The number of carbonyl (C=O) groups is 3. The summed E-state index contributed by atoms with van der Waals surface area (Å²) in [6, 6.07) is 7.26. The van der Waals surface area contributed by atoms with Gasteiger partial charge in [-0.1, -0.05) is 6.07 Å². The second-order valence-corrected chi connectivity index (χ2v) is 9.63. The molecular weight excluding hydrogens is 472 g/mol. The standard InChI is InChI=1S/C23H34N6O5S/c1-5-25-20(31)16(14-24)21-29(6-2)22(32)23(3,35-21)10-11-26-17-8-7-9-18(27-17)28-19(30)15-34-13-12-33-4/h7-9,16,21H,5-6,10-13,15H2,1-4H3,(H,25,31)(H2,26,27,28,30). The van der Waals surface area contributed by atoms with Crippen molar-refractivity contribution in [2.75, 3.05) is 57.2 Å². The van der Waals surface area contributed by atoms with Crippen LogP contribution in [-0.4, -0.2) is 84.3 Å². The molecule has 1 fully saturated rings. The van der Waals surface area contributed by atoms with Gasteiger partial charge in [-0.2, -0.15) is 5.26 Å². The summed E-state index contributed by atoms with van der Waals surface area (Å²) in [7, 11) is 1.56. The third-order valence-electron chi connectivity index (χ3n) is 5.39.